The Labute approximate surface area is 96.1 Å². The molecule has 3 unspecified atom stereocenters. The molecule has 7 heteroatoms. The SMILES string of the molecule is OC1=COC(O)(OC2C=CC(O)C2)C(O)=C1O. The molecule has 0 saturated carbocycles. The molecular formula is C10H12O7. The van der Waals surface area contributed by atoms with Crippen LogP contribution in [0.1, 0.15) is 6.42 Å². The van der Waals surface area contributed by atoms with E-state index in [0.29, 0.717) is 6.26 Å². The highest BCUT2D eigenvalue weighted by Crippen LogP contribution is 2.31. The van der Waals surface area contributed by atoms with E-state index in [1.807, 2.05) is 0 Å². The first kappa shape index (κ1) is 11.8. The predicted molar refractivity (Wildman–Crippen MR) is 53.7 cm³/mol. The molecule has 0 aromatic carbocycles. The van der Waals surface area contributed by atoms with Crippen LogP contribution in [0.15, 0.2) is 35.7 Å². The van der Waals surface area contributed by atoms with E-state index >= 15 is 0 Å². The number of rotatable bonds is 2. The Morgan fingerprint density at radius 1 is 1.29 bits per heavy atom. The Kier molecular flexibility index (Phi) is 2.74. The van der Waals surface area contributed by atoms with Crippen LogP contribution in [0.4, 0.5) is 0 Å². The summed E-state index contributed by atoms with van der Waals surface area (Å²) in [5, 5.41) is 46.7. The molecule has 0 fully saturated rings. The molecule has 0 radical (unpaired) electrons. The smallest absolute Gasteiger partial charge is 0.391 e. The van der Waals surface area contributed by atoms with Gasteiger partial charge in [0.1, 0.15) is 6.26 Å². The van der Waals surface area contributed by atoms with E-state index in [1.165, 1.54) is 12.2 Å². The van der Waals surface area contributed by atoms with E-state index in [1.54, 1.807) is 0 Å². The van der Waals surface area contributed by atoms with Gasteiger partial charge in [-0.25, -0.2) is 0 Å². The molecular weight excluding hydrogens is 232 g/mol. The lowest BCUT2D eigenvalue weighted by molar-refractivity contribution is -0.343. The zero-order valence-electron chi connectivity index (χ0n) is 8.65. The predicted octanol–water partition coefficient (Wildman–Crippen LogP) is 0.0957. The van der Waals surface area contributed by atoms with Gasteiger partial charge in [-0.2, -0.15) is 0 Å². The van der Waals surface area contributed by atoms with Gasteiger partial charge in [-0.1, -0.05) is 12.2 Å². The first-order chi connectivity index (χ1) is 7.92. The van der Waals surface area contributed by atoms with Crippen LogP contribution in [0.2, 0.25) is 0 Å². The van der Waals surface area contributed by atoms with Crippen LogP contribution in [-0.4, -0.2) is 43.7 Å². The maximum Gasteiger partial charge on any atom is 0.391 e. The second-order valence-corrected chi connectivity index (χ2v) is 3.74. The van der Waals surface area contributed by atoms with Crippen LogP contribution in [0.3, 0.4) is 0 Å². The minimum atomic E-state index is -2.57. The molecule has 7 nitrogen and oxygen atoms in total. The summed E-state index contributed by atoms with van der Waals surface area (Å²) in [6, 6.07) is 0. The molecule has 94 valence electrons. The zero-order valence-corrected chi connectivity index (χ0v) is 8.65. The number of hydrogen-bond donors (Lipinski definition) is 5. The number of ether oxygens (including phenoxy) is 2. The Hall–Kier alpha value is -1.70. The number of hydrogen-bond acceptors (Lipinski definition) is 7. The van der Waals surface area contributed by atoms with Gasteiger partial charge >= 0.3 is 5.97 Å². The molecule has 0 aromatic rings. The summed E-state index contributed by atoms with van der Waals surface area (Å²) < 4.78 is 9.60. The van der Waals surface area contributed by atoms with Gasteiger partial charge in [0.25, 0.3) is 0 Å². The van der Waals surface area contributed by atoms with Gasteiger partial charge in [0.2, 0.25) is 11.5 Å². The summed E-state index contributed by atoms with van der Waals surface area (Å²) in [5.41, 5.74) is 0. The van der Waals surface area contributed by atoms with Gasteiger partial charge in [-0.15, -0.1) is 0 Å². The largest absolute Gasteiger partial charge is 0.502 e. The van der Waals surface area contributed by atoms with Gasteiger partial charge in [0.05, 0.1) is 12.2 Å². The van der Waals surface area contributed by atoms with Crippen LogP contribution in [0, 0.1) is 0 Å². The third-order valence-electron chi connectivity index (χ3n) is 2.43. The minimum Gasteiger partial charge on any atom is -0.502 e. The van der Waals surface area contributed by atoms with E-state index in [2.05, 4.69) is 4.74 Å². The molecule has 1 heterocycles. The lowest BCUT2D eigenvalue weighted by atomic mass is 10.2. The van der Waals surface area contributed by atoms with Gasteiger partial charge in [-0.05, 0) is 0 Å². The first-order valence-corrected chi connectivity index (χ1v) is 4.89. The molecule has 0 bridgehead atoms. The molecule has 0 saturated heterocycles. The van der Waals surface area contributed by atoms with Crippen molar-refractivity contribution in [3.8, 4) is 0 Å². The van der Waals surface area contributed by atoms with Crippen LogP contribution in [0.5, 0.6) is 0 Å². The second kappa shape index (κ2) is 3.95. The molecule has 0 amide bonds. The lowest BCUT2D eigenvalue weighted by Crippen LogP contribution is -2.42. The highest BCUT2D eigenvalue weighted by Gasteiger charge is 2.44. The Morgan fingerprint density at radius 2 is 2.00 bits per heavy atom. The first-order valence-electron chi connectivity index (χ1n) is 4.89. The molecule has 2 rings (SSSR count). The van der Waals surface area contributed by atoms with Crippen LogP contribution >= 0.6 is 0 Å². The van der Waals surface area contributed by atoms with Gasteiger partial charge in [0.15, 0.2) is 5.76 Å². The Morgan fingerprint density at radius 3 is 2.59 bits per heavy atom. The molecule has 0 spiro atoms. The van der Waals surface area contributed by atoms with Crippen molar-refractivity contribution in [3.63, 3.8) is 0 Å². The number of aliphatic hydroxyl groups excluding tert-OH is 4. The molecule has 0 aromatic heterocycles. The maximum absolute atomic E-state index is 9.79. The zero-order chi connectivity index (χ0) is 12.6. The average Bonchev–Trinajstić information content (AvgIpc) is 2.67. The third kappa shape index (κ3) is 2.07. The van der Waals surface area contributed by atoms with E-state index < -0.39 is 35.5 Å². The molecule has 5 N–H and O–H groups in total. The minimum absolute atomic E-state index is 0.190. The average molecular weight is 244 g/mol. The quantitative estimate of drug-likeness (QED) is 0.345. The summed E-state index contributed by atoms with van der Waals surface area (Å²) in [5.74, 6) is -5.28. The summed E-state index contributed by atoms with van der Waals surface area (Å²) in [7, 11) is 0. The van der Waals surface area contributed by atoms with Crippen molar-refractivity contribution < 1.29 is 35.0 Å². The van der Waals surface area contributed by atoms with Crippen molar-refractivity contribution in [3.05, 3.63) is 35.7 Å². The molecule has 17 heavy (non-hydrogen) atoms. The molecule has 1 aliphatic carbocycles. The Bertz CT molecular complexity index is 411. The molecule has 1 aliphatic heterocycles. The Balaban J connectivity index is 2.13. The van der Waals surface area contributed by atoms with E-state index in [4.69, 9.17) is 9.84 Å². The van der Waals surface area contributed by atoms with Gasteiger partial charge in [0, 0.05) is 6.42 Å². The fraction of sp³-hybridized carbons (Fsp3) is 0.400. The van der Waals surface area contributed by atoms with Crippen LogP contribution in [0.25, 0.3) is 0 Å². The van der Waals surface area contributed by atoms with Crippen molar-refractivity contribution in [1.82, 2.24) is 0 Å². The number of aliphatic hydroxyl groups is 5. The van der Waals surface area contributed by atoms with Crippen molar-refractivity contribution in [2.24, 2.45) is 0 Å². The van der Waals surface area contributed by atoms with Gasteiger partial charge < -0.3 is 35.0 Å². The van der Waals surface area contributed by atoms with Gasteiger partial charge in [-0.3, -0.25) is 0 Å². The molecule has 2 aliphatic rings. The summed E-state index contributed by atoms with van der Waals surface area (Å²) >= 11 is 0. The van der Waals surface area contributed by atoms with Crippen molar-refractivity contribution in [2.75, 3.05) is 0 Å². The summed E-state index contributed by atoms with van der Waals surface area (Å²) in [6.45, 7) is 0. The normalized spacial score (nSPS) is 36.9. The second-order valence-electron chi connectivity index (χ2n) is 3.74. The maximum atomic E-state index is 9.79. The van der Waals surface area contributed by atoms with Crippen LogP contribution in [-0.2, 0) is 9.47 Å². The fourth-order valence-corrected chi connectivity index (χ4v) is 1.54. The van der Waals surface area contributed by atoms with E-state index in [9.17, 15) is 20.4 Å². The van der Waals surface area contributed by atoms with E-state index in [0.717, 1.165) is 0 Å². The summed E-state index contributed by atoms with van der Waals surface area (Å²) in [4.78, 5) is 0. The molecule has 3 atom stereocenters. The highest BCUT2D eigenvalue weighted by molar-refractivity contribution is 5.25. The summed E-state index contributed by atoms with van der Waals surface area (Å²) in [6.07, 6.45) is 2.40. The van der Waals surface area contributed by atoms with Crippen molar-refractivity contribution in [2.45, 2.75) is 24.6 Å². The van der Waals surface area contributed by atoms with E-state index in [-0.39, 0.29) is 6.42 Å². The van der Waals surface area contributed by atoms with Crippen molar-refractivity contribution in [1.29, 1.82) is 0 Å². The lowest BCUT2D eigenvalue weighted by Gasteiger charge is -2.30. The van der Waals surface area contributed by atoms with Crippen molar-refractivity contribution >= 4 is 0 Å². The van der Waals surface area contributed by atoms with Crippen LogP contribution < -0.4 is 0 Å². The highest BCUT2D eigenvalue weighted by atomic mass is 16.8. The monoisotopic (exact) mass is 244 g/mol. The fourth-order valence-electron chi connectivity index (χ4n) is 1.54. The topological polar surface area (TPSA) is 120 Å². The standard InChI is InChI=1S/C10H12O7/c11-5-1-2-6(3-5)17-10(15)9(14)8(13)7(12)4-16-10/h1-2,4-6,11-15H,3H2. The third-order valence-corrected chi connectivity index (χ3v) is 2.43.